The van der Waals surface area contributed by atoms with Gasteiger partial charge < -0.3 is 18.9 Å². The van der Waals surface area contributed by atoms with E-state index in [9.17, 15) is 9.59 Å². The average molecular weight is 590 g/mol. The molecular formula is C36H29O6S+. The molecule has 0 radical (unpaired) electrons. The zero-order chi connectivity index (χ0) is 28.7. The largest absolute Gasteiger partial charge is 0.482 e. The predicted molar refractivity (Wildman–Crippen MR) is 158 cm³/mol. The van der Waals surface area contributed by atoms with E-state index in [1.54, 1.807) is 12.1 Å². The van der Waals surface area contributed by atoms with Gasteiger partial charge in [-0.25, -0.2) is 4.79 Å². The molecule has 3 aliphatic carbocycles. The van der Waals surface area contributed by atoms with Crippen molar-refractivity contribution in [2.45, 2.75) is 39.7 Å². The Morgan fingerprint density at radius 2 is 1.40 bits per heavy atom. The molecule has 0 bridgehead atoms. The number of benzene rings is 4. The maximum absolute atomic E-state index is 12.6. The lowest BCUT2D eigenvalue weighted by molar-refractivity contribution is -0.165. The lowest BCUT2D eigenvalue weighted by Gasteiger charge is -2.22. The summed E-state index contributed by atoms with van der Waals surface area (Å²) in [4.78, 5) is 28.7. The van der Waals surface area contributed by atoms with E-state index in [4.69, 9.17) is 18.9 Å². The Bertz CT molecular complexity index is 1710. The van der Waals surface area contributed by atoms with Gasteiger partial charge in [-0.2, -0.15) is 0 Å². The van der Waals surface area contributed by atoms with E-state index >= 15 is 0 Å². The molecule has 6 nitrogen and oxygen atoms in total. The third-order valence-corrected chi connectivity index (χ3v) is 12.3. The Morgan fingerprint density at radius 3 is 2.09 bits per heavy atom. The third-order valence-electron chi connectivity index (χ3n) is 9.87. The molecule has 1 saturated heterocycles. The number of carbonyl (C=O) groups excluding carboxylic acids is 2. The minimum absolute atomic E-state index is 0.0159. The molecule has 43 heavy (non-hydrogen) atoms. The Balaban J connectivity index is 0.831. The van der Waals surface area contributed by atoms with Crippen LogP contribution in [0.4, 0.5) is 0 Å². The molecular weight excluding hydrogens is 560 g/mol. The van der Waals surface area contributed by atoms with E-state index < -0.39 is 5.97 Å². The van der Waals surface area contributed by atoms with Gasteiger partial charge in [0.2, 0.25) is 0 Å². The first-order valence-corrected chi connectivity index (χ1v) is 16.2. The summed E-state index contributed by atoms with van der Waals surface area (Å²) in [5.74, 6) is 3.06. The molecule has 9 rings (SSSR count). The topological polar surface area (TPSA) is 71.1 Å². The normalized spacial score (nSPS) is 28.8. The van der Waals surface area contributed by atoms with Crippen molar-refractivity contribution in [3.63, 3.8) is 0 Å². The molecule has 0 N–H and O–H groups in total. The molecule has 4 aromatic rings. The smallest absolute Gasteiger partial charge is 0.344 e. The highest BCUT2D eigenvalue weighted by atomic mass is 32.2. The summed E-state index contributed by atoms with van der Waals surface area (Å²) >= 11 is 0. The summed E-state index contributed by atoms with van der Waals surface area (Å²) in [6.45, 7) is -0.191. The minimum atomic E-state index is -0.430. The fourth-order valence-electron chi connectivity index (χ4n) is 8.11. The van der Waals surface area contributed by atoms with Crippen molar-refractivity contribution in [1.82, 2.24) is 0 Å². The highest BCUT2D eigenvalue weighted by Crippen LogP contribution is 2.73. The highest BCUT2D eigenvalue weighted by Gasteiger charge is 2.78. The number of ether oxygens (including phenoxy) is 4. The molecule has 5 aliphatic rings. The third kappa shape index (κ3) is 4.08. The fourth-order valence-corrected chi connectivity index (χ4v) is 10.5. The number of carbonyl (C=O) groups is 2. The van der Waals surface area contributed by atoms with Crippen LogP contribution in [0.5, 0.6) is 17.2 Å². The molecule has 7 atom stereocenters. The molecule has 0 spiro atoms. The quantitative estimate of drug-likeness (QED) is 0.166. The average Bonchev–Trinajstić information content (AvgIpc) is 3.28. The number of hydrogen-bond donors (Lipinski definition) is 0. The van der Waals surface area contributed by atoms with Crippen molar-refractivity contribution < 1.29 is 28.5 Å². The first-order valence-electron chi connectivity index (χ1n) is 14.9. The van der Waals surface area contributed by atoms with Crippen LogP contribution in [0.25, 0.3) is 0 Å². The number of esters is 2. The van der Waals surface area contributed by atoms with E-state index in [1.807, 2.05) is 24.3 Å². The van der Waals surface area contributed by atoms with Crippen LogP contribution in [0.3, 0.4) is 0 Å². The van der Waals surface area contributed by atoms with Gasteiger partial charge >= 0.3 is 11.9 Å². The van der Waals surface area contributed by atoms with Crippen LogP contribution < -0.4 is 9.47 Å². The monoisotopic (exact) mass is 589 g/mol. The number of rotatable bonds is 7. The van der Waals surface area contributed by atoms with Crippen molar-refractivity contribution in [3.05, 3.63) is 108 Å². The molecule has 4 fully saturated rings. The highest BCUT2D eigenvalue weighted by molar-refractivity contribution is 7.97. The second kappa shape index (κ2) is 9.64. The summed E-state index contributed by atoms with van der Waals surface area (Å²) in [5.41, 5.74) is 2.78. The first-order chi connectivity index (χ1) is 21.1. The summed E-state index contributed by atoms with van der Waals surface area (Å²) in [6.07, 6.45) is 1.27. The molecule has 4 aromatic carbocycles. The molecule has 2 aliphatic heterocycles. The van der Waals surface area contributed by atoms with Crippen LogP contribution in [0.15, 0.2) is 112 Å². The van der Waals surface area contributed by atoms with Gasteiger partial charge in [-0.1, -0.05) is 36.4 Å². The van der Waals surface area contributed by atoms with Crippen LogP contribution >= 0.6 is 0 Å². The zero-order valence-corrected chi connectivity index (χ0v) is 24.1. The van der Waals surface area contributed by atoms with Crippen molar-refractivity contribution in [2.24, 2.45) is 29.6 Å². The van der Waals surface area contributed by atoms with Gasteiger partial charge in [-0.3, -0.25) is 4.79 Å². The fraction of sp³-hybridized carbons (Fsp3) is 0.278. The molecule has 3 saturated carbocycles. The van der Waals surface area contributed by atoms with Gasteiger partial charge in [-0.15, -0.1) is 0 Å². The predicted octanol–water partition coefficient (Wildman–Crippen LogP) is 6.21. The van der Waals surface area contributed by atoms with Crippen LogP contribution in [0.2, 0.25) is 0 Å². The van der Waals surface area contributed by atoms with Gasteiger partial charge in [-0.05, 0) is 78.9 Å². The second-order valence-electron chi connectivity index (χ2n) is 12.1. The van der Waals surface area contributed by atoms with Crippen molar-refractivity contribution in [2.75, 3.05) is 6.61 Å². The van der Waals surface area contributed by atoms with Crippen LogP contribution in [-0.4, -0.2) is 30.8 Å². The van der Waals surface area contributed by atoms with E-state index in [2.05, 4.69) is 60.7 Å². The number of fused-ring (bicyclic) bond motifs is 3. The van der Waals surface area contributed by atoms with E-state index in [0.717, 1.165) is 18.6 Å². The lowest BCUT2D eigenvalue weighted by Crippen LogP contribution is -2.35. The van der Waals surface area contributed by atoms with Gasteiger partial charge in [0.25, 0.3) is 0 Å². The Labute approximate surface area is 252 Å². The molecule has 0 aromatic heterocycles. The van der Waals surface area contributed by atoms with Gasteiger partial charge in [0.05, 0.1) is 16.8 Å². The van der Waals surface area contributed by atoms with Crippen molar-refractivity contribution in [3.8, 4) is 17.2 Å². The van der Waals surface area contributed by atoms with Gasteiger partial charge in [0.1, 0.15) is 29.5 Å². The summed E-state index contributed by atoms with van der Waals surface area (Å²) in [6, 6.07) is 33.1. The Morgan fingerprint density at radius 1 is 0.767 bits per heavy atom. The maximum Gasteiger partial charge on any atom is 0.344 e. The van der Waals surface area contributed by atoms with Crippen molar-refractivity contribution >= 4 is 22.8 Å². The van der Waals surface area contributed by atoms with Gasteiger partial charge in [0.15, 0.2) is 21.3 Å². The second-order valence-corrected chi connectivity index (χ2v) is 14.1. The first kappa shape index (κ1) is 25.3. The van der Waals surface area contributed by atoms with Crippen LogP contribution in [0.1, 0.15) is 17.5 Å². The maximum atomic E-state index is 12.6. The summed E-state index contributed by atoms with van der Waals surface area (Å²) in [5, 5.41) is 0. The van der Waals surface area contributed by atoms with E-state index in [0.29, 0.717) is 29.3 Å². The minimum Gasteiger partial charge on any atom is -0.482 e. The summed E-state index contributed by atoms with van der Waals surface area (Å²) in [7, 11) is -0.158. The lowest BCUT2D eigenvalue weighted by atomic mass is 9.94. The van der Waals surface area contributed by atoms with Crippen molar-refractivity contribution in [1.29, 1.82) is 0 Å². The standard InChI is InChI=1S/C36H29O6S/c37-30(41-34-32-26-18-27-33(31(26)32)35(34)42-36(27)38)19-39-22-9-11-23(12-10-22)40-24-13-15-25(16-14-24)43-28-7-3-1-5-20(28)17-21-6-2-4-8-29(21)43/h1-16,26-27,31-35H,17-19H2/q+1. The summed E-state index contributed by atoms with van der Waals surface area (Å²) < 4.78 is 23.2. The Kier molecular flexibility index (Phi) is 5.67. The van der Waals surface area contributed by atoms with E-state index in [1.165, 1.54) is 25.8 Å². The molecule has 0 amide bonds. The van der Waals surface area contributed by atoms with Crippen LogP contribution in [-0.2, 0) is 36.4 Å². The van der Waals surface area contributed by atoms with E-state index in [-0.39, 0.29) is 47.5 Å². The number of hydrogen-bond acceptors (Lipinski definition) is 6. The SMILES string of the molecule is O=C(COc1ccc(Oc2ccc([S+]3c4ccccc4Cc4ccccc43)cc2)cc1)OC1C2OC(=O)C3CC4C1C4C32. The molecule has 7 heteroatoms. The van der Waals surface area contributed by atoms with Crippen LogP contribution in [0, 0.1) is 29.6 Å². The molecule has 7 unspecified atom stereocenters. The zero-order valence-electron chi connectivity index (χ0n) is 23.3. The molecule has 2 heterocycles. The molecule has 214 valence electrons. The van der Waals surface area contributed by atoms with Gasteiger partial charge in [0, 0.05) is 29.4 Å². The Hall–Kier alpha value is -4.23.